The Hall–Kier alpha value is -2.24. The van der Waals surface area contributed by atoms with E-state index in [1.54, 1.807) is 0 Å². The topological polar surface area (TPSA) is 66.4 Å². The van der Waals surface area contributed by atoms with Crippen molar-refractivity contribution < 1.29 is 23.5 Å². The number of halogens is 2. The van der Waals surface area contributed by atoms with Crippen molar-refractivity contribution in [1.82, 2.24) is 0 Å². The summed E-state index contributed by atoms with van der Waals surface area (Å²) in [5, 5.41) is 11.6. The summed E-state index contributed by atoms with van der Waals surface area (Å²) in [5.41, 5.74) is -0.268. The van der Waals surface area contributed by atoms with Crippen LogP contribution in [0.4, 0.5) is 14.5 Å². The van der Waals surface area contributed by atoms with Gasteiger partial charge in [-0.05, 0) is 30.4 Å². The molecule has 6 heteroatoms. The molecule has 2 bridgehead atoms. The van der Waals surface area contributed by atoms with Crippen LogP contribution in [0.3, 0.4) is 0 Å². The molecule has 1 aromatic carbocycles. The zero-order valence-corrected chi connectivity index (χ0v) is 10.9. The molecule has 1 saturated carbocycles. The summed E-state index contributed by atoms with van der Waals surface area (Å²) in [6.07, 6.45) is 4.26. The van der Waals surface area contributed by atoms with Gasteiger partial charge in [-0.3, -0.25) is 9.59 Å². The lowest BCUT2D eigenvalue weighted by Gasteiger charge is -2.23. The van der Waals surface area contributed by atoms with Gasteiger partial charge in [0.25, 0.3) is 0 Å². The second-order valence-electron chi connectivity index (χ2n) is 5.45. The highest BCUT2D eigenvalue weighted by Crippen LogP contribution is 2.48. The lowest BCUT2D eigenvalue weighted by atomic mass is 9.82. The van der Waals surface area contributed by atoms with Crippen LogP contribution in [0.1, 0.15) is 6.42 Å². The molecule has 3 rings (SSSR count). The first-order valence-electron chi connectivity index (χ1n) is 6.64. The van der Waals surface area contributed by atoms with Crippen molar-refractivity contribution in [3.8, 4) is 0 Å². The minimum absolute atomic E-state index is 0.160. The van der Waals surface area contributed by atoms with Gasteiger partial charge in [-0.2, -0.15) is 0 Å². The molecule has 4 atom stereocenters. The molecule has 0 spiro atoms. The Morgan fingerprint density at radius 2 is 1.81 bits per heavy atom. The number of carbonyl (C=O) groups is 2. The number of amides is 1. The highest BCUT2D eigenvalue weighted by atomic mass is 19.1. The van der Waals surface area contributed by atoms with Gasteiger partial charge in [0.1, 0.15) is 11.6 Å². The van der Waals surface area contributed by atoms with Crippen LogP contribution >= 0.6 is 0 Å². The fraction of sp³-hybridized carbons (Fsp3) is 0.333. The summed E-state index contributed by atoms with van der Waals surface area (Å²) >= 11 is 0. The normalized spacial score (nSPS) is 29.6. The number of hydrogen-bond acceptors (Lipinski definition) is 2. The molecule has 21 heavy (non-hydrogen) atoms. The third-order valence-electron chi connectivity index (χ3n) is 4.23. The average Bonchev–Trinajstić information content (AvgIpc) is 3.03. The maximum atomic E-state index is 13.5. The van der Waals surface area contributed by atoms with Gasteiger partial charge in [0, 0.05) is 6.07 Å². The number of allylic oxidation sites excluding steroid dienone is 2. The van der Waals surface area contributed by atoms with E-state index in [9.17, 15) is 23.5 Å². The number of rotatable bonds is 3. The molecule has 0 aliphatic heterocycles. The maximum Gasteiger partial charge on any atom is 0.307 e. The summed E-state index contributed by atoms with van der Waals surface area (Å²) in [4.78, 5) is 23.6. The van der Waals surface area contributed by atoms with E-state index in [2.05, 4.69) is 5.32 Å². The van der Waals surface area contributed by atoms with Gasteiger partial charge >= 0.3 is 5.97 Å². The molecular weight excluding hydrogens is 280 g/mol. The third kappa shape index (κ3) is 2.30. The highest BCUT2D eigenvalue weighted by molar-refractivity contribution is 5.96. The zero-order chi connectivity index (χ0) is 15.1. The highest BCUT2D eigenvalue weighted by Gasteiger charge is 2.51. The molecule has 110 valence electrons. The van der Waals surface area contributed by atoms with E-state index >= 15 is 0 Å². The zero-order valence-electron chi connectivity index (χ0n) is 10.9. The van der Waals surface area contributed by atoms with Gasteiger partial charge in [0.15, 0.2) is 0 Å². The smallest absolute Gasteiger partial charge is 0.307 e. The molecule has 0 saturated heterocycles. The van der Waals surface area contributed by atoms with E-state index in [1.807, 2.05) is 12.2 Å². The number of hydrogen-bond donors (Lipinski definition) is 2. The molecule has 1 amide bonds. The van der Waals surface area contributed by atoms with Crippen LogP contribution in [-0.4, -0.2) is 17.0 Å². The van der Waals surface area contributed by atoms with Crippen molar-refractivity contribution in [2.75, 3.05) is 5.32 Å². The van der Waals surface area contributed by atoms with Crippen LogP contribution in [0.5, 0.6) is 0 Å². The molecule has 0 aromatic heterocycles. The van der Waals surface area contributed by atoms with Gasteiger partial charge in [-0.15, -0.1) is 0 Å². The number of aliphatic carboxylic acids is 1. The maximum absolute atomic E-state index is 13.5. The Balaban J connectivity index is 1.83. The Morgan fingerprint density at radius 3 is 2.48 bits per heavy atom. The molecule has 1 fully saturated rings. The van der Waals surface area contributed by atoms with Crippen molar-refractivity contribution in [2.24, 2.45) is 23.7 Å². The Labute approximate surface area is 119 Å². The molecule has 2 aliphatic rings. The summed E-state index contributed by atoms with van der Waals surface area (Å²) in [7, 11) is 0. The Kier molecular flexibility index (Phi) is 3.23. The molecule has 0 heterocycles. The second-order valence-corrected chi connectivity index (χ2v) is 5.45. The van der Waals surface area contributed by atoms with Crippen LogP contribution < -0.4 is 5.32 Å². The van der Waals surface area contributed by atoms with E-state index in [0.29, 0.717) is 6.42 Å². The first kappa shape index (κ1) is 13.7. The van der Waals surface area contributed by atoms with Gasteiger partial charge in [-0.25, -0.2) is 8.78 Å². The fourth-order valence-electron chi connectivity index (χ4n) is 3.33. The number of carboxylic acids is 1. The first-order chi connectivity index (χ1) is 9.97. The van der Waals surface area contributed by atoms with Gasteiger partial charge in [-0.1, -0.05) is 12.2 Å². The molecule has 4 nitrogen and oxygen atoms in total. The molecule has 0 radical (unpaired) electrons. The first-order valence-corrected chi connectivity index (χ1v) is 6.64. The van der Waals surface area contributed by atoms with Crippen molar-refractivity contribution >= 4 is 17.6 Å². The van der Waals surface area contributed by atoms with E-state index < -0.39 is 35.3 Å². The summed E-state index contributed by atoms with van der Waals surface area (Å²) in [6, 6.07) is 2.75. The van der Waals surface area contributed by atoms with Crippen molar-refractivity contribution in [2.45, 2.75) is 6.42 Å². The van der Waals surface area contributed by atoms with Crippen molar-refractivity contribution in [1.29, 1.82) is 0 Å². The molecule has 0 unspecified atom stereocenters. The van der Waals surface area contributed by atoms with E-state index in [0.717, 1.165) is 18.2 Å². The van der Waals surface area contributed by atoms with Crippen molar-refractivity contribution in [3.05, 3.63) is 42.0 Å². The van der Waals surface area contributed by atoms with Crippen LogP contribution in [0, 0.1) is 35.3 Å². The van der Waals surface area contributed by atoms with E-state index in [4.69, 9.17) is 0 Å². The van der Waals surface area contributed by atoms with Crippen molar-refractivity contribution in [3.63, 3.8) is 0 Å². The summed E-state index contributed by atoms with van der Waals surface area (Å²) in [5.74, 6) is -4.93. The Morgan fingerprint density at radius 1 is 1.14 bits per heavy atom. The summed E-state index contributed by atoms with van der Waals surface area (Å²) in [6.45, 7) is 0. The minimum atomic E-state index is -1.04. The number of carboxylic acid groups (broad SMARTS) is 1. The predicted molar refractivity (Wildman–Crippen MR) is 70.3 cm³/mol. The number of benzene rings is 1. The quantitative estimate of drug-likeness (QED) is 0.841. The standard InChI is InChI=1S/C15H13F2NO3/c16-9-3-4-10(17)11(6-9)18-14(19)12-7-1-2-8(5-7)13(12)15(20)21/h1-4,6-8,12-13H,5H2,(H,18,19)(H,20,21)/t7-,8+,12-,13-/m0/s1. The predicted octanol–water partition coefficient (Wildman–Crippen LogP) is 2.43. The third-order valence-corrected chi connectivity index (χ3v) is 4.23. The fourth-order valence-corrected chi connectivity index (χ4v) is 3.33. The number of nitrogens with one attached hydrogen (secondary N) is 1. The molecule has 2 aliphatic carbocycles. The van der Waals surface area contributed by atoms with Crippen LogP contribution in [-0.2, 0) is 9.59 Å². The number of anilines is 1. The Bertz CT molecular complexity index is 644. The second kappa shape index (κ2) is 4.95. The van der Waals surface area contributed by atoms with Gasteiger partial charge in [0.05, 0.1) is 17.5 Å². The van der Waals surface area contributed by atoms with E-state index in [-0.39, 0.29) is 17.5 Å². The molecule has 1 aromatic rings. The lowest BCUT2D eigenvalue weighted by molar-refractivity contribution is -0.146. The summed E-state index contributed by atoms with van der Waals surface area (Å²) < 4.78 is 26.7. The average molecular weight is 293 g/mol. The number of carbonyl (C=O) groups excluding carboxylic acids is 1. The van der Waals surface area contributed by atoms with Crippen LogP contribution in [0.15, 0.2) is 30.4 Å². The van der Waals surface area contributed by atoms with Crippen LogP contribution in [0.2, 0.25) is 0 Å². The largest absolute Gasteiger partial charge is 0.481 e. The number of fused-ring (bicyclic) bond motifs is 2. The lowest BCUT2D eigenvalue weighted by Crippen LogP contribution is -2.36. The van der Waals surface area contributed by atoms with Gasteiger partial charge < -0.3 is 10.4 Å². The molecular formula is C15H13F2NO3. The van der Waals surface area contributed by atoms with Gasteiger partial charge in [0.2, 0.25) is 5.91 Å². The molecule has 2 N–H and O–H groups in total. The minimum Gasteiger partial charge on any atom is -0.481 e. The SMILES string of the molecule is O=C(O)[C@@H]1[C@@H](C(=O)Nc2cc(F)ccc2F)[C@H]2C=C[C@@H]1C2. The van der Waals surface area contributed by atoms with Crippen LogP contribution in [0.25, 0.3) is 0 Å². The monoisotopic (exact) mass is 293 g/mol. The van der Waals surface area contributed by atoms with E-state index in [1.165, 1.54) is 0 Å².